The summed E-state index contributed by atoms with van der Waals surface area (Å²) in [4.78, 5) is 15.6. The number of aromatic amines is 1. The van der Waals surface area contributed by atoms with Crippen molar-refractivity contribution in [3.05, 3.63) is 12.7 Å². The first-order chi connectivity index (χ1) is 8.34. The van der Waals surface area contributed by atoms with Crippen LogP contribution in [0.5, 0.6) is 0 Å². The first-order valence-electron chi connectivity index (χ1n) is 5.93. The molecule has 1 aliphatic carbocycles. The quantitative estimate of drug-likeness (QED) is 0.742. The maximum absolute atomic E-state index is 4.63. The number of anilines is 1. The highest BCUT2D eigenvalue weighted by atomic mass is 35.5. The molecule has 0 spiro atoms. The van der Waals surface area contributed by atoms with E-state index in [0.717, 1.165) is 24.2 Å². The van der Waals surface area contributed by atoms with E-state index in [0.29, 0.717) is 16.9 Å². The molecule has 98 valence electrons. The van der Waals surface area contributed by atoms with Crippen molar-refractivity contribution in [2.24, 2.45) is 0 Å². The Morgan fingerprint density at radius 2 is 2.06 bits per heavy atom. The van der Waals surface area contributed by atoms with Gasteiger partial charge in [0, 0.05) is 11.3 Å². The average Bonchev–Trinajstić information content (AvgIpc) is 2.81. The van der Waals surface area contributed by atoms with Crippen LogP contribution in [0, 0.1) is 0 Å². The molecule has 0 bridgehead atoms. The molecule has 7 heteroatoms. The Balaban J connectivity index is 0.00000120. The Hall–Kier alpha value is -1.01. The number of H-pyrrole nitrogens is 1. The third kappa shape index (κ3) is 2.54. The summed E-state index contributed by atoms with van der Waals surface area (Å²) in [5, 5.41) is 3.86. The number of hydrogen-bond donors (Lipinski definition) is 3. The largest absolute Gasteiger partial charge is 0.364 e. The van der Waals surface area contributed by atoms with E-state index in [9.17, 15) is 0 Å². The number of rotatable bonds is 2. The lowest BCUT2D eigenvalue weighted by Gasteiger charge is -2.29. The van der Waals surface area contributed by atoms with E-state index in [1.165, 1.54) is 12.8 Å². The Labute approximate surface area is 117 Å². The van der Waals surface area contributed by atoms with E-state index in [-0.39, 0.29) is 12.4 Å². The zero-order valence-corrected chi connectivity index (χ0v) is 11.5. The van der Waals surface area contributed by atoms with Crippen molar-refractivity contribution in [3.63, 3.8) is 0 Å². The van der Waals surface area contributed by atoms with Gasteiger partial charge in [-0.2, -0.15) is 12.6 Å². The van der Waals surface area contributed by atoms with Crippen molar-refractivity contribution in [3.8, 4) is 0 Å². The molecule has 0 aromatic carbocycles. The van der Waals surface area contributed by atoms with Crippen LogP contribution in [-0.2, 0) is 0 Å². The molecule has 18 heavy (non-hydrogen) atoms. The molecule has 0 radical (unpaired) electrons. The minimum atomic E-state index is 0. The van der Waals surface area contributed by atoms with Gasteiger partial charge in [-0.15, -0.1) is 12.4 Å². The standard InChI is InChI=1S/C11H15N5S.ClH/c17-8-4-2-1-3-7(8)16-11-9-10(13-5-12-9)14-6-15-11;/h5-8,17H,1-4H2,(H2,12,13,14,15,16);1H. The molecule has 2 heterocycles. The highest BCUT2D eigenvalue weighted by molar-refractivity contribution is 7.81. The first-order valence-corrected chi connectivity index (χ1v) is 6.45. The number of halogens is 1. The summed E-state index contributed by atoms with van der Waals surface area (Å²) in [6.07, 6.45) is 8.03. The van der Waals surface area contributed by atoms with Crippen LogP contribution in [0.15, 0.2) is 12.7 Å². The van der Waals surface area contributed by atoms with E-state index in [1.807, 2.05) is 0 Å². The van der Waals surface area contributed by atoms with Crippen LogP contribution in [0.25, 0.3) is 11.2 Å². The number of aromatic nitrogens is 4. The minimum Gasteiger partial charge on any atom is -0.364 e. The molecule has 5 nitrogen and oxygen atoms in total. The van der Waals surface area contributed by atoms with Gasteiger partial charge in [-0.25, -0.2) is 15.0 Å². The summed E-state index contributed by atoms with van der Waals surface area (Å²) in [5.74, 6) is 0.832. The van der Waals surface area contributed by atoms with Crippen molar-refractivity contribution in [1.29, 1.82) is 0 Å². The normalized spacial score (nSPS) is 23.6. The molecular formula is C11H16ClN5S. The van der Waals surface area contributed by atoms with Crippen LogP contribution in [0.2, 0.25) is 0 Å². The highest BCUT2D eigenvalue weighted by Gasteiger charge is 2.23. The second-order valence-electron chi connectivity index (χ2n) is 4.43. The molecule has 1 saturated carbocycles. The molecule has 2 aromatic heterocycles. The maximum atomic E-state index is 4.63. The number of hydrogen-bond acceptors (Lipinski definition) is 5. The molecule has 3 rings (SSSR count). The Kier molecular flexibility index (Phi) is 4.29. The van der Waals surface area contributed by atoms with Gasteiger partial charge < -0.3 is 10.3 Å². The predicted octanol–water partition coefficient (Wildman–Crippen LogP) is 2.43. The van der Waals surface area contributed by atoms with Gasteiger partial charge in [0.05, 0.1) is 6.33 Å². The second kappa shape index (κ2) is 5.75. The Morgan fingerprint density at radius 3 is 2.89 bits per heavy atom. The fourth-order valence-corrected chi connectivity index (χ4v) is 2.74. The molecule has 2 N–H and O–H groups in total. The number of nitrogens with zero attached hydrogens (tertiary/aromatic N) is 3. The second-order valence-corrected chi connectivity index (χ2v) is 5.09. The summed E-state index contributed by atoms with van der Waals surface area (Å²) in [7, 11) is 0. The topological polar surface area (TPSA) is 66.5 Å². The number of thiol groups is 1. The van der Waals surface area contributed by atoms with E-state index in [1.54, 1.807) is 12.7 Å². The molecule has 1 fully saturated rings. The van der Waals surface area contributed by atoms with Crippen LogP contribution >= 0.6 is 25.0 Å². The lowest BCUT2D eigenvalue weighted by atomic mass is 9.95. The molecule has 2 atom stereocenters. The summed E-state index contributed by atoms with van der Waals surface area (Å²) < 4.78 is 0. The van der Waals surface area contributed by atoms with Crippen LogP contribution in [0.1, 0.15) is 25.7 Å². The Morgan fingerprint density at radius 1 is 1.22 bits per heavy atom. The van der Waals surface area contributed by atoms with Gasteiger partial charge >= 0.3 is 0 Å². The fourth-order valence-electron chi connectivity index (χ4n) is 2.33. The SMILES string of the molecule is Cl.SC1CCCCC1Nc1ncnc2nc[nH]c12. The smallest absolute Gasteiger partial charge is 0.182 e. The number of imidazole rings is 1. The predicted molar refractivity (Wildman–Crippen MR) is 77.6 cm³/mol. The lowest BCUT2D eigenvalue weighted by Crippen LogP contribution is -2.33. The number of fused-ring (bicyclic) bond motifs is 1. The lowest BCUT2D eigenvalue weighted by molar-refractivity contribution is 0.476. The molecular weight excluding hydrogens is 270 g/mol. The van der Waals surface area contributed by atoms with Gasteiger partial charge in [-0.3, -0.25) is 0 Å². The van der Waals surface area contributed by atoms with Crippen molar-refractivity contribution in [2.45, 2.75) is 37.0 Å². The van der Waals surface area contributed by atoms with Crippen molar-refractivity contribution in [2.75, 3.05) is 5.32 Å². The zero-order valence-electron chi connectivity index (χ0n) is 9.83. The highest BCUT2D eigenvalue weighted by Crippen LogP contribution is 2.26. The summed E-state index contributed by atoms with van der Waals surface area (Å²) in [5.41, 5.74) is 1.58. The monoisotopic (exact) mass is 285 g/mol. The van der Waals surface area contributed by atoms with Gasteiger partial charge in [-0.1, -0.05) is 12.8 Å². The van der Waals surface area contributed by atoms with E-state index in [2.05, 4.69) is 37.9 Å². The van der Waals surface area contributed by atoms with Gasteiger partial charge in [0.2, 0.25) is 0 Å². The average molecular weight is 286 g/mol. The first kappa shape index (κ1) is 13.4. The van der Waals surface area contributed by atoms with Crippen LogP contribution in [0.3, 0.4) is 0 Å². The molecule has 2 aromatic rings. The summed E-state index contributed by atoms with van der Waals surface area (Å²) >= 11 is 4.63. The van der Waals surface area contributed by atoms with E-state index in [4.69, 9.17) is 0 Å². The van der Waals surface area contributed by atoms with Gasteiger partial charge in [0.1, 0.15) is 11.8 Å². The summed E-state index contributed by atoms with van der Waals surface area (Å²) in [6, 6.07) is 0.383. The number of nitrogens with one attached hydrogen (secondary N) is 2. The molecule has 0 saturated heterocycles. The molecule has 1 aliphatic rings. The van der Waals surface area contributed by atoms with Crippen LogP contribution in [-0.4, -0.2) is 31.2 Å². The third-order valence-corrected chi connectivity index (χ3v) is 3.89. The maximum Gasteiger partial charge on any atom is 0.182 e. The minimum absolute atomic E-state index is 0. The molecule has 2 unspecified atom stereocenters. The molecule has 0 aliphatic heterocycles. The van der Waals surface area contributed by atoms with E-state index >= 15 is 0 Å². The van der Waals surface area contributed by atoms with Crippen molar-refractivity contribution < 1.29 is 0 Å². The molecule has 0 amide bonds. The van der Waals surface area contributed by atoms with Crippen molar-refractivity contribution >= 4 is 42.0 Å². The van der Waals surface area contributed by atoms with Gasteiger partial charge in [-0.05, 0) is 12.8 Å². The van der Waals surface area contributed by atoms with E-state index < -0.39 is 0 Å². The van der Waals surface area contributed by atoms with Crippen LogP contribution in [0.4, 0.5) is 5.82 Å². The fraction of sp³-hybridized carbons (Fsp3) is 0.545. The Bertz CT molecular complexity index is 517. The van der Waals surface area contributed by atoms with Crippen LogP contribution < -0.4 is 5.32 Å². The van der Waals surface area contributed by atoms with Crippen molar-refractivity contribution in [1.82, 2.24) is 19.9 Å². The third-order valence-electron chi connectivity index (χ3n) is 3.27. The zero-order chi connectivity index (χ0) is 11.7. The van der Waals surface area contributed by atoms with Gasteiger partial charge in [0.15, 0.2) is 11.5 Å². The van der Waals surface area contributed by atoms with Gasteiger partial charge in [0.25, 0.3) is 0 Å². The summed E-state index contributed by atoms with van der Waals surface area (Å²) in [6.45, 7) is 0.